The monoisotopic (exact) mass is 220 g/mol. The third-order valence-corrected chi connectivity index (χ3v) is 3.41. The summed E-state index contributed by atoms with van der Waals surface area (Å²) in [7, 11) is 0. The van der Waals surface area contributed by atoms with E-state index in [1.807, 2.05) is 0 Å². The van der Waals surface area contributed by atoms with Crippen molar-refractivity contribution in [1.29, 1.82) is 0 Å². The second-order valence-corrected chi connectivity index (χ2v) is 4.51. The van der Waals surface area contributed by atoms with Crippen molar-refractivity contribution < 1.29 is 4.52 Å². The van der Waals surface area contributed by atoms with Crippen molar-refractivity contribution in [2.75, 3.05) is 11.9 Å². The summed E-state index contributed by atoms with van der Waals surface area (Å²) in [6.45, 7) is 0.991. The van der Waals surface area contributed by atoms with Gasteiger partial charge in [-0.3, -0.25) is 0 Å². The Morgan fingerprint density at radius 1 is 1.40 bits per heavy atom. The molecule has 0 aliphatic carbocycles. The van der Waals surface area contributed by atoms with Gasteiger partial charge >= 0.3 is 0 Å². The fourth-order valence-corrected chi connectivity index (χ4v) is 2.58. The number of hydrogen-bond donors (Lipinski definition) is 1. The molecule has 0 saturated heterocycles. The van der Waals surface area contributed by atoms with Gasteiger partial charge in [0, 0.05) is 23.1 Å². The average molecular weight is 220 g/mol. The Balaban J connectivity index is 2.06. The van der Waals surface area contributed by atoms with Crippen LogP contribution in [0.1, 0.15) is 18.4 Å². The summed E-state index contributed by atoms with van der Waals surface area (Å²) in [6, 6.07) is 2.09. The molecule has 0 unspecified atom stereocenters. The summed E-state index contributed by atoms with van der Waals surface area (Å²) < 4.78 is 5.33. The number of fused-ring (bicyclic) bond motifs is 1. The molecule has 0 fully saturated rings. The van der Waals surface area contributed by atoms with Crippen molar-refractivity contribution in [3.63, 3.8) is 0 Å². The third-order valence-electron chi connectivity index (χ3n) is 2.72. The van der Waals surface area contributed by atoms with E-state index in [9.17, 15) is 0 Å². The first kappa shape index (κ1) is 8.97. The van der Waals surface area contributed by atoms with E-state index in [4.69, 9.17) is 4.52 Å². The third kappa shape index (κ3) is 1.55. The van der Waals surface area contributed by atoms with Crippen molar-refractivity contribution >= 4 is 17.2 Å². The summed E-state index contributed by atoms with van der Waals surface area (Å²) in [5.41, 5.74) is 3.43. The van der Waals surface area contributed by atoms with Crippen LogP contribution in [0.25, 0.3) is 11.3 Å². The van der Waals surface area contributed by atoms with Gasteiger partial charge in [-0.2, -0.15) is 11.3 Å². The predicted octanol–water partition coefficient (Wildman–Crippen LogP) is 3.15. The topological polar surface area (TPSA) is 38.1 Å². The first-order valence-corrected chi connectivity index (χ1v) is 6.14. The normalized spacial score (nSPS) is 15.5. The molecule has 1 aliphatic heterocycles. The summed E-state index contributed by atoms with van der Waals surface area (Å²) in [6.07, 6.45) is 3.47. The molecule has 1 N–H and O–H groups in total. The maximum absolute atomic E-state index is 5.33. The lowest BCUT2D eigenvalue weighted by atomic mass is 10.1. The first-order valence-electron chi connectivity index (χ1n) is 5.20. The molecule has 0 atom stereocenters. The van der Waals surface area contributed by atoms with Gasteiger partial charge in [-0.05, 0) is 30.7 Å². The Labute approximate surface area is 92.1 Å². The highest BCUT2D eigenvalue weighted by molar-refractivity contribution is 7.08. The van der Waals surface area contributed by atoms with E-state index in [0.29, 0.717) is 0 Å². The van der Waals surface area contributed by atoms with Crippen LogP contribution in [0.5, 0.6) is 0 Å². The summed E-state index contributed by atoms with van der Waals surface area (Å²) >= 11 is 1.69. The van der Waals surface area contributed by atoms with Gasteiger partial charge in [-0.1, -0.05) is 5.16 Å². The molecule has 2 aromatic rings. The van der Waals surface area contributed by atoms with Crippen LogP contribution in [0.3, 0.4) is 0 Å². The number of nitrogens with zero attached hydrogens (tertiary/aromatic N) is 1. The summed E-state index contributed by atoms with van der Waals surface area (Å²) in [5, 5.41) is 11.6. The van der Waals surface area contributed by atoms with E-state index >= 15 is 0 Å². The van der Waals surface area contributed by atoms with Crippen LogP contribution in [0.4, 0.5) is 5.88 Å². The SMILES string of the molecule is c1cc(-c2noc3c2CCCCN3)cs1. The van der Waals surface area contributed by atoms with Crippen LogP contribution in [-0.4, -0.2) is 11.7 Å². The van der Waals surface area contributed by atoms with E-state index in [-0.39, 0.29) is 0 Å². The maximum atomic E-state index is 5.33. The smallest absolute Gasteiger partial charge is 0.228 e. The van der Waals surface area contributed by atoms with Crippen molar-refractivity contribution in [2.24, 2.45) is 0 Å². The van der Waals surface area contributed by atoms with E-state index < -0.39 is 0 Å². The Kier molecular flexibility index (Phi) is 2.21. The largest absolute Gasteiger partial charge is 0.354 e. The van der Waals surface area contributed by atoms with Crippen molar-refractivity contribution in [1.82, 2.24) is 5.16 Å². The molecule has 0 radical (unpaired) electrons. The lowest BCUT2D eigenvalue weighted by molar-refractivity contribution is 0.434. The van der Waals surface area contributed by atoms with Gasteiger partial charge < -0.3 is 9.84 Å². The second kappa shape index (κ2) is 3.70. The van der Waals surface area contributed by atoms with Crippen LogP contribution in [0, 0.1) is 0 Å². The minimum absolute atomic E-state index is 0.869. The van der Waals surface area contributed by atoms with E-state index in [1.54, 1.807) is 11.3 Å². The molecular weight excluding hydrogens is 208 g/mol. The fraction of sp³-hybridized carbons (Fsp3) is 0.364. The van der Waals surface area contributed by atoms with Crippen molar-refractivity contribution in [3.8, 4) is 11.3 Å². The Morgan fingerprint density at radius 3 is 3.27 bits per heavy atom. The lowest BCUT2D eigenvalue weighted by Gasteiger charge is -1.97. The number of nitrogens with one attached hydrogen (secondary N) is 1. The Bertz CT molecular complexity index is 447. The Morgan fingerprint density at radius 2 is 2.40 bits per heavy atom. The highest BCUT2D eigenvalue weighted by Gasteiger charge is 2.18. The highest BCUT2D eigenvalue weighted by atomic mass is 32.1. The van der Waals surface area contributed by atoms with Gasteiger partial charge in [-0.25, -0.2) is 0 Å². The van der Waals surface area contributed by atoms with Gasteiger partial charge in [0.25, 0.3) is 0 Å². The van der Waals surface area contributed by atoms with Gasteiger partial charge in [0.15, 0.2) is 0 Å². The van der Waals surface area contributed by atoms with Gasteiger partial charge in [0.05, 0.1) is 0 Å². The van der Waals surface area contributed by atoms with Crippen LogP contribution in [0.2, 0.25) is 0 Å². The minimum Gasteiger partial charge on any atom is -0.354 e. The quantitative estimate of drug-likeness (QED) is 0.802. The Hall–Kier alpha value is -1.29. The fourth-order valence-electron chi connectivity index (χ4n) is 1.93. The zero-order valence-corrected chi connectivity index (χ0v) is 9.14. The van der Waals surface area contributed by atoms with Gasteiger partial charge in [0.2, 0.25) is 5.88 Å². The molecule has 3 heterocycles. The van der Waals surface area contributed by atoms with E-state index in [0.717, 1.165) is 24.5 Å². The molecule has 0 aromatic carbocycles. The summed E-state index contributed by atoms with van der Waals surface area (Å²) in [4.78, 5) is 0. The molecule has 0 saturated carbocycles. The first-order chi connectivity index (χ1) is 7.45. The van der Waals surface area contributed by atoms with Gasteiger partial charge in [0.1, 0.15) is 5.69 Å². The molecule has 3 nitrogen and oxygen atoms in total. The predicted molar refractivity (Wildman–Crippen MR) is 61.2 cm³/mol. The standard InChI is InChI=1S/C11H12N2OS/c1-2-5-12-11-9(3-1)10(13-14-11)8-4-6-15-7-8/h4,6-7,12H,1-3,5H2. The molecule has 0 amide bonds. The molecule has 15 heavy (non-hydrogen) atoms. The zero-order chi connectivity index (χ0) is 10.1. The van der Waals surface area contributed by atoms with Gasteiger partial charge in [-0.15, -0.1) is 0 Å². The summed E-state index contributed by atoms with van der Waals surface area (Å²) in [5.74, 6) is 0.869. The maximum Gasteiger partial charge on any atom is 0.228 e. The van der Waals surface area contributed by atoms with E-state index in [1.165, 1.54) is 24.0 Å². The minimum atomic E-state index is 0.869. The van der Waals surface area contributed by atoms with Crippen LogP contribution >= 0.6 is 11.3 Å². The van der Waals surface area contributed by atoms with Crippen molar-refractivity contribution in [3.05, 3.63) is 22.4 Å². The van der Waals surface area contributed by atoms with Crippen LogP contribution < -0.4 is 5.32 Å². The number of aromatic nitrogens is 1. The van der Waals surface area contributed by atoms with Crippen LogP contribution in [0.15, 0.2) is 21.3 Å². The molecule has 1 aliphatic rings. The molecule has 3 rings (SSSR count). The van der Waals surface area contributed by atoms with Crippen molar-refractivity contribution in [2.45, 2.75) is 19.3 Å². The average Bonchev–Trinajstić information content (AvgIpc) is 2.83. The number of rotatable bonds is 1. The second-order valence-electron chi connectivity index (χ2n) is 3.73. The molecule has 78 valence electrons. The number of thiophene rings is 1. The number of anilines is 1. The molecule has 2 aromatic heterocycles. The number of hydrogen-bond acceptors (Lipinski definition) is 4. The van der Waals surface area contributed by atoms with E-state index in [2.05, 4.69) is 27.3 Å². The lowest BCUT2D eigenvalue weighted by Crippen LogP contribution is -1.97. The highest BCUT2D eigenvalue weighted by Crippen LogP contribution is 2.32. The molecular formula is C11H12N2OS. The van der Waals surface area contributed by atoms with Crippen LogP contribution in [-0.2, 0) is 6.42 Å². The molecule has 4 heteroatoms. The molecule has 0 bridgehead atoms. The zero-order valence-electron chi connectivity index (χ0n) is 8.32. The molecule has 0 spiro atoms.